The molecule has 2 amide bonds. The summed E-state index contributed by atoms with van der Waals surface area (Å²) in [6.45, 7) is 0.766. The van der Waals surface area contributed by atoms with Crippen LogP contribution in [0.4, 0.5) is 10.5 Å². The van der Waals surface area contributed by atoms with Gasteiger partial charge in [-0.1, -0.05) is 34.1 Å². The minimum atomic E-state index is -0.0616. The van der Waals surface area contributed by atoms with Gasteiger partial charge >= 0.3 is 6.03 Å². The minimum Gasteiger partial charge on any atom is -0.497 e. The number of urea groups is 1. The van der Waals surface area contributed by atoms with E-state index in [1.807, 2.05) is 47.4 Å². The topological polar surface area (TPSA) is 41.6 Å². The van der Waals surface area contributed by atoms with E-state index in [9.17, 15) is 4.79 Å². The lowest BCUT2D eigenvalue weighted by Crippen LogP contribution is -2.34. The third-order valence-electron chi connectivity index (χ3n) is 4.07. The second kappa shape index (κ2) is 7.04. The van der Waals surface area contributed by atoms with E-state index >= 15 is 0 Å². The van der Waals surface area contributed by atoms with Crippen LogP contribution in [0.5, 0.6) is 5.75 Å². The molecule has 2 aromatic carbocycles. The molecule has 1 unspecified atom stereocenters. The molecule has 3 rings (SSSR count). The number of methoxy groups -OCH3 is 1. The molecule has 120 valence electrons. The van der Waals surface area contributed by atoms with Gasteiger partial charge in [0.05, 0.1) is 13.2 Å². The number of halogens is 1. The summed E-state index contributed by atoms with van der Waals surface area (Å²) in [7, 11) is 1.66. The van der Waals surface area contributed by atoms with Gasteiger partial charge in [0.1, 0.15) is 5.75 Å². The number of benzene rings is 2. The summed E-state index contributed by atoms with van der Waals surface area (Å²) in [5.41, 5.74) is 1.91. The molecule has 1 saturated heterocycles. The summed E-state index contributed by atoms with van der Waals surface area (Å²) >= 11 is 3.42. The molecule has 1 aliphatic heterocycles. The lowest BCUT2D eigenvalue weighted by Gasteiger charge is -2.25. The van der Waals surface area contributed by atoms with Gasteiger partial charge in [0.25, 0.3) is 0 Å². The van der Waals surface area contributed by atoms with Gasteiger partial charge in [-0.25, -0.2) is 4.79 Å². The van der Waals surface area contributed by atoms with Gasteiger partial charge in [-0.2, -0.15) is 0 Å². The Balaban J connectivity index is 1.76. The number of amides is 2. The summed E-state index contributed by atoms with van der Waals surface area (Å²) in [4.78, 5) is 14.5. The third-order valence-corrected chi connectivity index (χ3v) is 4.56. The summed E-state index contributed by atoms with van der Waals surface area (Å²) in [6, 6.07) is 15.6. The van der Waals surface area contributed by atoms with E-state index in [2.05, 4.69) is 27.3 Å². The van der Waals surface area contributed by atoms with Crippen LogP contribution in [-0.4, -0.2) is 24.6 Å². The molecule has 0 aromatic heterocycles. The van der Waals surface area contributed by atoms with Crippen LogP contribution >= 0.6 is 15.9 Å². The highest BCUT2D eigenvalue weighted by Crippen LogP contribution is 2.34. The molecule has 1 aliphatic rings. The molecule has 0 spiro atoms. The van der Waals surface area contributed by atoms with Gasteiger partial charge in [0.15, 0.2) is 0 Å². The predicted molar refractivity (Wildman–Crippen MR) is 94.8 cm³/mol. The first-order valence-electron chi connectivity index (χ1n) is 7.64. The zero-order valence-corrected chi connectivity index (χ0v) is 14.5. The smallest absolute Gasteiger partial charge is 0.322 e. The summed E-state index contributed by atoms with van der Waals surface area (Å²) in [5, 5.41) is 2.98. The maximum absolute atomic E-state index is 12.6. The average molecular weight is 375 g/mol. The minimum absolute atomic E-state index is 0.0616. The molecule has 0 aliphatic carbocycles. The Morgan fingerprint density at radius 3 is 2.87 bits per heavy atom. The highest BCUT2D eigenvalue weighted by atomic mass is 79.9. The van der Waals surface area contributed by atoms with E-state index in [0.717, 1.165) is 40.9 Å². The number of hydrogen-bond acceptors (Lipinski definition) is 2. The highest BCUT2D eigenvalue weighted by Gasteiger charge is 2.30. The van der Waals surface area contributed by atoms with Crippen LogP contribution in [0.15, 0.2) is 53.0 Å². The van der Waals surface area contributed by atoms with Crippen LogP contribution in [0.1, 0.15) is 24.4 Å². The number of ether oxygens (including phenoxy) is 1. The molecule has 1 heterocycles. The summed E-state index contributed by atoms with van der Waals surface area (Å²) in [6.07, 6.45) is 1.98. The lowest BCUT2D eigenvalue weighted by molar-refractivity contribution is 0.207. The molecule has 1 fully saturated rings. The molecular weight excluding hydrogens is 356 g/mol. The standard InChI is InChI=1S/C18H19BrN2O2/c1-23-16-8-2-5-13(11-16)17-9-4-10-21(17)18(22)20-15-7-3-6-14(19)12-15/h2-3,5-8,11-12,17H,4,9-10H2,1H3,(H,20,22). The Bertz CT molecular complexity index is 705. The van der Waals surface area contributed by atoms with Gasteiger partial charge in [-0.05, 0) is 48.7 Å². The van der Waals surface area contributed by atoms with E-state index < -0.39 is 0 Å². The van der Waals surface area contributed by atoms with Crippen LogP contribution in [0, 0.1) is 0 Å². The van der Waals surface area contributed by atoms with Crippen molar-refractivity contribution >= 4 is 27.6 Å². The number of nitrogens with one attached hydrogen (secondary N) is 1. The number of hydrogen-bond donors (Lipinski definition) is 1. The van der Waals surface area contributed by atoms with Gasteiger partial charge in [0, 0.05) is 16.7 Å². The van der Waals surface area contributed by atoms with Crippen molar-refractivity contribution in [3.63, 3.8) is 0 Å². The zero-order chi connectivity index (χ0) is 16.2. The zero-order valence-electron chi connectivity index (χ0n) is 13.0. The van der Waals surface area contributed by atoms with E-state index in [-0.39, 0.29) is 12.1 Å². The number of anilines is 1. The molecule has 0 radical (unpaired) electrons. The molecule has 4 nitrogen and oxygen atoms in total. The van der Waals surface area contributed by atoms with Crippen molar-refractivity contribution in [2.24, 2.45) is 0 Å². The monoisotopic (exact) mass is 374 g/mol. The first-order valence-corrected chi connectivity index (χ1v) is 8.44. The highest BCUT2D eigenvalue weighted by molar-refractivity contribution is 9.10. The fourth-order valence-electron chi connectivity index (χ4n) is 2.97. The fourth-order valence-corrected chi connectivity index (χ4v) is 3.37. The van der Waals surface area contributed by atoms with Gasteiger partial charge < -0.3 is 15.0 Å². The van der Waals surface area contributed by atoms with Crippen LogP contribution in [0.25, 0.3) is 0 Å². The van der Waals surface area contributed by atoms with Crippen molar-refractivity contribution in [2.75, 3.05) is 19.0 Å². The van der Waals surface area contributed by atoms with Crippen molar-refractivity contribution in [1.82, 2.24) is 4.90 Å². The number of likely N-dealkylation sites (tertiary alicyclic amines) is 1. The molecule has 1 N–H and O–H groups in total. The third kappa shape index (κ3) is 3.67. The van der Waals surface area contributed by atoms with Gasteiger partial charge in [-0.3, -0.25) is 0 Å². The fraction of sp³-hybridized carbons (Fsp3) is 0.278. The average Bonchev–Trinajstić information content (AvgIpc) is 3.05. The molecule has 1 atom stereocenters. The van der Waals surface area contributed by atoms with Crippen LogP contribution in [-0.2, 0) is 0 Å². The van der Waals surface area contributed by atoms with E-state index in [1.54, 1.807) is 7.11 Å². The second-order valence-electron chi connectivity index (χ2n) is 5.57. The Hall–Kier alpha value is -2.01. The number of nitrogens with zero attached hydrogens (tertiary/aromatic N) is 1. The maximum atomic E-state index is 12.6. The van der Waals surface area contributed by atoms with Crippen LogP contribution in [0.2, 0.25) is 0 Å². The molecule has 0 saturated carbocycles. The first kappa shape index (κ1) is 15.9. The van der Waals surface area contributed by atoms with E-state index in [1.165, 1.54) is 0 Å². The molecule has 2 aromatic rings. The van der Waals surface area contributed by atoms with Crippen molar-refractivity contribution in [3.8, 4) is 5.75 Å². The van der Waals surface area contributed by atoms with Crippen molar-refractivity contribution in [2.45, 2.75) is 18.9 Å². The predicted octanol–water partition coefficient (Wildman–Crippen LogP) is 4.83. The largest absolute Gasteiger partial charge is 0.497 e. The molecule has 5 heteroatoms. The lowest BCUT2D eigenvalue weighted by atomic mass is 10.0. The van der Waals surface area contributed by atoms with Crippen molar-refractivity contribution in [3.05, 3.63) is 58.6 Å². The van der Waals surface area contributed by atoms with Gasteiger partial charge in [0.2, 0.25) is 0 Å². The molecular formula is C18H19BrN2O2. The number of carbonyl (C=O) groups is 1. The van der Waals surface area contributed by atoms with Crippen molar-refractivity contribution < 1.29 is 9.53 Å². The summed E-state index contributed by atoms with van der Waals surface area (Å²) in [5.74, 6) is 0.821. The normalized spacial score (nSPS) is 17.1. The quantitative estimate of drug-likeness (QED) is 0.835. The summed E-state index contributed by atoms with van der Waals surface area (Å²) < 4.78 is 6.24. The first-order chi connectivity index (χ1) is 11.2. The maximum Gasteiger partial charge on any atom is 0.322 e. The Kier molecular flexibility index (Phi) is 4.86. The number of rotatable bonds is 3. The SMILES string of the molecule is COc1cccc(C2CCCN2C(=O)Nc2cccc(Br)c2)c1. The molecule has 0 bridgehead atoms. The van der Waals surface area contributed by atoms with Crippen molar-refractivity contribution in [1.29, 1.82) is 0 Å². The van der Waals surface area contributed by atoms with Crippen LogP contribution in [0.3, 0.4) is 0 Å². The Morgan fingerprint density at radius 2 is 2.09 bits per heavy atom. The van der Waals surface area contributed by atoms with E-state index in [4.69, 9.17) is 4.74 Å². The second-order valence-corrected chi connectivity index (χ2v) is 6.48. The number of carbonyl (C=O) groups excluding carboxylic acids is 1. The van der Waals surface area contributed by atoms with E-state index in [0.29, 0.717) is 0 Å². The Morgan fingerprint density at radius 1 is 1.26 bits per heavy atom. The Labute approximate surface area is 144 Å². The van der Waals surface area contributed by atoms with Gasteiger partial charge in [-0.15, -0.1) is 0 Å². The molecule has 23 heavy (non-hydrogen) atoms. The van der Waals surface area contributed by atoms with Crippen LogP contribution < -0.4 is 10.1 Å².